The van der Waals surface area contributed by atoms with E-state index in [1.165, 1.54) is 0 Å². The van der Waals surface area contributed by atoms with Crippen molar-refractivity contribution < 1.29 is 55.1 Å². The highest BCUT2D eigenvalue weighted by Crippen LogP contribution is 2.24. The molecule has 0 aliphatic carbocycles. The molecule has 0 aromatic heterocycles. The molecular weight excluding hydrogens is 308 g/mol. The highest BCUT2D eigenvalue weighted by Gasteiger charge is 2.46. The molecule has 0 unspecified atom stereocenters. The monoisotopic (exact) mass is 328 g/mol. The maximum Gasteiger partial charge on any atom is 0.335 e. The van der Waals surface area contributed by atoms with Crippen LogP contribution in [0.4, 0.5) is 0 Å². The van der Waals surface area contributed by atoms with Gasteiger partial charge in [0.25, 0.3) is 0 Å². The first-order valence-electron chi connectivity index (χ1n) is 6.40. The van der Waals surface area contributed by atoms with E-state index in [0.717, 1.165) is 0 Å². The van der Waals surface area contributed by atoms with Crippen LogP contribution in [0.1, 0.15) is 0 Å². The topological polar surface area (TPSA) is 197 Å². The lowest BCUT2D eigenvalue weighted by molar-refractivity contribution is -0.323. The van der Waals surface area contributed by atoms with Gasteiger partial charge >= 0.3 is 5.97 Å². The molecule has 1 aliphatic heterocycles. The van der Waals surface area contributed by atoms with Gasteiger partial charge in [0, 0.05) is 0 Å². The lowest BCUT2D eigenvalue weighted by Gasteiger charge is -2.41. The maximum absolute atomic E-state index is 10.8. The second-order valence-electron chi connectivity index (χ2n) is 4.83. The lowest BCUT2D eigenvalue weighted by atomic mass is 9.99. The van der Waals surface area contributed by atoms with E-state index >= 15 is 0 Å². The molecule has 0 amide bonds. The summed E-state index contributed by atoms with van der Waals surface area (Å²) in [6, 6.07) is 0. The Labute approximate surface area is 124 Å². The van der Waals surface area contributed by atoms with E-state index < -0.39 is 68.2 Å². The zero-order valence-electron chi connectivity index (χ0n) is 11.3. The number of carboxylic acid groups (broad SMARTS) is 1. The van der Waals surface area contributed by atoms with Crippen LogP contribution in [0.3, 0.4) is 0 Å². The number of hydrogen-bond donors (Lipinski definition) is 8. The van der Waals surface area contributed by atoms with Gasteiger partial charge in [-0.15, -0.1) is 0 Å². The highest BCUT2D eigenvalue weighted by atomic mass is 16.7. The van der Waals surface area contributed by atoms with E-state index in [2.05, 4.69) is 0 Å². The third kappa shape index (κ3) is 4.10. The highest BCUT2D eigenvalue weighted by molar-refractivity contribution is 5.72. The van der Waals surface area contributed by atoms with Gasteiger partial charge in [0.2, 0.25) is 0 Å². The molecule has 22 heavy (non-hydrogen) atoms. The maximum atomic E-state index is 10.8. The number of aliphatic carboxylic acids is 1. The molecule has 130 valence electrons. The number of carboxylic acids is 1. The Hall–Kier alpha value is -0.890. The average molecular weight is 328 g/mol. The molecule has 1 saturated heterocycles. The molecule has 1 rings (SSSR count). The second kappa shape index (κ2) is 8.10. The molecule has 11 nitrogen and oxygen atoms in total. The van der Waals surface area contributed by atoms with Crippen LogP contribution in [0.2, 0.25) is 0 Å². The van der Waals surface area contributed by atoms with Crippen LogP contribution >= 0.6 is 0 Å². The Morgan fingerprint density at radius 1 is 1.09 bits per heavy atom. The zero-order chi connectivity index (χ0) is 17.0. The molecule has 0 aromatic carbocycles. The molecule has 1 heterocycles. The Kier molecular flexibility index (Phi) is 7.05. The molecule has 8 atom stereocenters. The van der Waals surface area contributed by atoms with Gasteiger partial charge in [-0.2, -0.15) is 0 Å². The summed E-state index contributed by atoms with van der Waals surface area (Å²) in [6.45, 7) is -1.69. The van der Waals surface area contributed by atoms with E-state index in [1.54, 1.807) is 0 Å². The Bertz CT molecular complexity index is 362. The minimum absolute atomic E-state index is 0.737. The summed E-state index contributed by atoms with van der Waals surface area (Å²) in [6.07, 6.45) is -14.3. The van der Waals surface area contributed by atoms with E-state index in [-0.39, 0.29) is 0 Å². The summed E-state index contributed by atoms with van der Waals surface area (Å²) in [5.74, 6) is -1.76. The van der Waals surface area contributed by atoms with Crippen molar-refractivity contribution in [2.45, 2.75) is 49.0 Å². The Morgan fingerprint density at radius 3 is 2.14 bits per heavy atom. The van der Waals surface area contributed by atoms with Crippen LogP contribution in [0.5, 0.6) is 0 Å². The number of aliphatic hydroxyl groups excluding tert-OH is 7. The first-order chi connectivity index (χ1) is 10.2. The molecule has 0 bridgehead atoms. The first kappa shape index (κ1) is 19.2. The fourth-order valence-corrected chi connectivity index (χ4v) is 1.95. The molecule has 0 saturated carbocycles. The smallest absolute Gasteiger partial charge is 0.335 e. The average Bonchev–Trinajstić information content (AvgIpc) is 2.50. The van der Waals surface area contributed by atoms with Gasteiger partial charge in [-0.25, -0.2) is 4.79 Å². The van der Waals surface area contributed by atoms with Crippen LogP contribution in [0.25, 0.3) is 0 Å². The van der Waals surface area contributed by atoms with E-state index in [0.29, 0.717) is 0 Å². The van der Waals surface area contributed by atoms with Gasteiger partial charge in [0.1, 0.15) is 36.6 Å². The van der Waals surface area contributed by atoms with Crippen molar-refractivity contribution in [1.29, 1.82) is 0 Å². The Balaban J connectivity index is 2.89. The van der Waals surface area contributed by atoms with Gasteiger partial charge in [0.05, 0.1) is 13.2 Å². The van der Waals surface area contributed by atoms with E-state index in [1.807, 2.05) is 0 Å². The largest absolute Gasteiger partial charge is 0.479 e. The van der Waals surface area contributed by atoms with Crippen molar-refractivity contribution in [2.75, 3.05) is 13.2 Å². The van der Waals surface area contributed by atoms with Gasteiger partial charge < -0.3 is 50.3 Å². The quantitative estimate of drug-likeness (QED) is 0.222. The molecular formula is C11H20O11. The molecule has 1 fully saturated rings. The number of hydrogen-bond acceptors (Lipinski definition) is 10. The van der Waals surface area contributed by atoms with Crippen molar-refractivity contribution in [3.05, 3.63) is 0 Å². The summed E-state index contributed by atoms with van der Waals surface area (Å²) < 4.78 is 9.89. The summed E-state index contributed by atoms with van der Waals surface area (Å²) in [5, 5.41) is 74.4. The van der Waals surface area contributed by atoms with Crippen molar-refractivity contribution in [3.8, 4) is 0 Å². The van der Waals surface area contributed by atoms with Crippen molar-refractivity contribution in [1.82, 2.24) is 0 Å². The molecule has 0 aromatic rings. The molecule has 0 radical (unpaired) electrons. The number of rotatable bonds is 7. The van der Waals surface area contributed by atoms with E-state index in [4.69, 9.17) is 24.8 Å². The standard InChI is InChI=1S/C11H20O11/c12-1-3(14)9(8(18)10(19)20)22-11-7(17)6(16)5(15)4(2-13)21-11/h3-9,11-18H,1-2H2,(H,19,20)/t3-,4-,5+,6+,7-,8+,9-,11+/m1/s1. The van der Waals surface area contributed by atoms with Crippen molar-refractivity contribution in [3.63, 3.8) is 0 Å². The van der Waals surface area contributed by atoms with Gasteiger partial charge in [0.15, 0.2) is 12.4 Å². The van der Waals surface area contributed by atoms with Gasteiger partial charge in [-0.1, -0.05) is 0 Å². The molecule has 1 aliphatic rings. The van der Waals surface area contributed by atoms with Crippen LogP contribution in [0, 0.1) is 0 Å². The Morgan fingerprint density at radius 2 is 1.68 bits per heavy atom. The third-order valence-corrected chi connectivity index (χ3v) is 3.27. The van der Waals surface area contributed by atoms with Gasteiger partial charge in [-0.05, 0) is 0 Å². The second-order valence-corrected chi connectivity index (χ2v) is 4.83. The molecule has 8 N–H and O–H groups in total. The van der Waals surface area contributed by atoms with Crippen LogP contribution in [0.15, 0.2) is 0 Å². The number of ether oxygens (including phenoxy) is 2. The third-order valence-electron chi connectivity index (χ3n) is 3.27. The summed E-state index contributed by atoms with van der Waals surface area (Å²) in [7, 11) is 0. The van der Waals surface area contributed by atoms with Crippen molar-refractivity contribution >= 4 is 5.97 Å². The first-order valence-corrected chi connectivity index (χ1v) is 6.40. The molecule has 0 spiro atoms. The fraction of sp³-hybridized carbons (Fsp3) is 0.909. The fourth-order valence-electron chi connectivity index (χ4n) is 1.95. The summed E-state index contributed by atoms with van der Waals surface area (Å²) in [5.41, 5.74) is 0. The van der Waals surface area contributed by atoms with Gasteiger partial charge in [-0.3, -0.25) is 0 Å². The normalized spacial score (nSPS) is 36.6. The summed E-state index contributed by atoms with van der Waals surface area (Å²) >= 11 is 0. The number of carbonyl (C=O) groups is 1. The SMILES string of the molecule is O=C(O)[C@@H](O)[C@H](O[C@@H]1O[C@H](CO)[C@H](O)[C@H](O)[C@H]1O)[C@H](O)CO. The minimum atomic E-state index is -2.26. The number of aliphatic hydroxyl groups is 7. The predicted molar refractivity (Wildman–Crippen MR) is 65.4 cm³/mol. The zero-order valence-corrected chi connectivity index (χ0v) is 11.3. The summed E-state index contributed by atoms with van der Waals surface area (Å²) in [4.78, 5) is 10.8. The predicted octanol–water partition coefficient (Wildman–Crippen LogP) is -5.03. The van der Waals surface area contributed by atoms with E-state index in [9.17, 15) is 30.3 Å². The minimum Gasteiger partial charge on any atom is -0.479 e. The van der Waals surface area contributed by atoms with Crippen LogP contribution in [-0.4, -0.2) is 109 Å². The van der Waals surface area contributed by atoms with Crippen molar-refractivity contribution in [2.24, 2.45) is 0 Å². The lowest BCUT2D eigenvalue weighted by Crippen LogP contribution is -2.61. The molecule has 11 heteroatoms. The van der Waals surface area contributed by atoms with Crippen LogP contribution < -0.4 is 0 Å². The van der Waals surface area contributed by atoms with Crippen LogP contribution in [-0.2, 0) is 14.3 Å².